The van der Waals surface area contributed by atoms with Gasteiger partial charge in [-0.2, -0.15) is 11.8 Å². The molecular weight excluding hydrogens is 264 g/mol. The molecule has 0 amide bonds. The Morgan fingerprint density at radius 3 is 2.25 bits per heavy atom. The van der Waals surface area contributed by atoms with Gasteiger partial charge in [0, 0.05) is 5.75 Å². The van der Waals surface area contributed by atoms with Crippen molar-refractivity contribution in [3.8, 4) is 5.75 Å². The topological polar surface area (TPSA) is 20.2 Å². The van der Waals surface area contributed by atoms with E-state index in [1.807, 2.05) is 30.8 Å². The van der Waals surface area contributed by atoms with Crippen LogP contribution in [0.2, 0.25) is 0 Å². The number of phenols is 1. The predicted molar refractivity (Wildman–Crippen MR) is 91.6 cm³/mol. The summed E-state index contributed by atoms with van der Waals surface area (Å²) >= 11 is 2.01. The molecular formula is C18H30OS. The average molecular weight is 295 g/mol. The number of hydrogen-bond donors (Lipinski definition) is 1. The average Bonchev–Trinajstić information content (AvgIpc) is 2.45. The SMILES string of the molecule is CCCCCCCCCCSCc1ccc(O)c(C)c1. The van der Waals surface area contributed by atoms with Gasteiger partial charge in [0.05, 0.1) is 0 Å². The van der Waals surface area contributed by atoms with E-state index in [0.717, 1.165) is 11.3 Å². The molecule has 0 bridgehead atoms. The van der Waals surface area contributed by atoms with Gasteiger partial charge in [0.25, 0.3) is 0 Å². The quantitative estimate of drug-likeness (QED) is 0.499. The number of hydrogen-bond acceptors (Lipinski definition) is 2. The number of thioether (sulfide) groups is 1. The van der Waals surface area contributed by atoms with E-state index in [1.54, 1.807) is 0 Å². The lowest BCUT2D eigenvalue weighted by atomic mass is 10.1. The zero-order valence-electron chi connectivity index (χ0n) is 13.2. The molecule has 1 aromatic rings. The van der Waals surface area contributed by atoms with E-state index in [9.17, 15) is 5.11 Å². The van der Waals surface area contributed by atoms with E-state index in [0.29, 0.717) is 5.75 Å². The molecule has 1 rings (SSSR count). The lowest BCUT2D eigenvalue weighted by Crippen LogP contribution is -1.86. The van der Waals surface area contributed by atoms with E-state index < -0.39 is 0 Å². The van der Waals surface area contributed by atoms with E-state index in [-0.39, 0.29) is 0 Å². The molecule has 0 atom stereocenters. The van der Waals surface area contributed by atoms with E-state index >= 15 is 0 Å². The standard InChI is InChI=1S/C18H30OS/c1-3-4-5-6-7-8-9-10-13-20-15-17-11-12-18(19)16(2)14-17/h11-12,14,19H,3-10,13,15H2,1-2H3. The lowest BCUT2D eigenvalue weighted by molar-refractivity contribution is 0.471. The van der Waals surface area contributed by atoms with Crippen LogP contribution in [0, 0.1) is 6.92 Å². The maximum absolute atomic E-state index is 9.48. The van der Waals surface area contributed by atoms with Crippen molar-refractivity contribution < 1.29 is 5.11 Å². The van der Waals surface area contributed by atoms with Crippen LogP contribution < -0.4 is 0 Å². The van der Waals surface area contributed by atoms with Gasteiger partial charge in [0.1, 0.15) is 5.75 Å². The Hall–Kier alpha value is -0.630. The first kappa shape index (κ1) is 17.4. The third-order valence-corrected chi connectivity index (χ3v) is 4.79. The number of aromatic hydroxyl groups is 1. The third kappa shape index (κ3) is 7.84. The van der Waals surface area contributed by atoms with Crippen LogP contribution in [0.4, 0.5) is 0 Å². The highest BCUT2D eigenvalue weighted by Gasteiger charge is 1.99. The highest BCUT2D eigenvalue weighted by atomic mass is 32.2. The van der Waals surface area contributed by atoms with Crippen LogP contribution in [0.3, 0.4) is 0 Å². The van der Waals surface area contributed by atoms with Gasteiger partial charge in [-0.3, -0.25) is 0 Å². The molecule has 0 aliphatic rings. The first-order valence-electron chi connectivity index (χ1n) is 8.10. The zero-order chi connectivity index (χ0) is 14.6. The number of rotatable bonds is 11. The van der Waals surface area contributed by atoms with E-state index in [1.165, 1.54) is 62.7 Å². The summed E-state index contributed by atoms with van der Waals surface area (Å²) in [6.07, 6.45) is 11.1. The van der Waals surface area contributed by atoms with Gasteiger partial charge in [0.15, 0.2) is 0 Å². The lowest BCUT2D eigenvalue weighted by Gasteiger charge is -2.05. The molecule has 20 heavy (non-hydrogen) atoms. The van der Waals surface area contributed by atoms with Crippen LogP contribution in [-0.2, 0) is 5.75 Å². The van der Waals surface area contributed by atoms with Crippen LogP contribution >= 0.6 is 11.8 Å². The fraction of sp³-hybridized carbons (Fsp3) is 0.667. The van der Waals surface area contributed by atoms with Crippen molar-refractivity contribution in [3.05, 3.63) is 29.3 Å². The van der Waals surface area contributed by atoms with Crippen molar-refractivity contribution >= 4 is 11.8 Å². The Morgan fingerprint density at radius 1 is 0.950 bits per heavy atom. The number of benzene rings is 1. The normalized spacial score (nSPS) is 10.9. The summed E-state index contributed by atoms with van der Waals surface area (Å²) in [4.78, 5) is 0. The second-order valence-electron chi connectivity index (χ2n) is 5.65. The highest BCUT2D eigenvalue weighted by Crippen LogP contribution is 2.21. The maximum atomic E-state index is 9.48. The minimum atomic E-state index is 0.404. The highest BCUT2D eigenvalue weighted by molar-refractivity contribution is 7.98. The molecule has 0 spiro atoms. The number of aryl methyl sites for hydroxylation is 1. The fourth-order valence-electron chi connectivity index (χ4n) is 2.34. The van der Waals surface area contributed by atoms with Crippen molar-refractivity contribution in [3.63, 3.8) is 0 Å². The van der Waals surface area contributed by atoms with Gasteiger partial charge in [-0.05, 0) is 36.3 Å². The minimum absolute atomic E-state index is 0.404. The van der Waals surface area contributed by atoms with E-state index in [4.69, 9.17) is 0 Å². The van der Waals surface area contributed by atoms with Crippen molar-refractivity contribution in [2.24, 2.45) is 0 Å². The molecule has 0 saturated carbocycles. The van der Waals surface area contributed by atoms with Gasteiger partial charge < -0.3 is 5.11 Å². The van der Waals surface area contributed by atoms with Crippen LogP contribution in [0.5, 0.6) is 5.75 Å². The minimum Gasteiger partial charge on any atom is -0.508 e. The Balaban J connectivity index is 1.95. The molecule has 1 nitrogen and oxygen atoms in total. The summed E-state index contributed by atoms with van der Waals surface area (Å²) in [6.45, 7) is 4.23. The van der Waals surface area contributed by atoms with Gasteiger partial charge in [-0.15, -0.1) is 0 Å². The summed E-state index contributed by atoms with van der Waals surface area (Å²) in [7, 11) is 0. The maximum Gasteiger partial charge on any atom is 0.118 e. The summed E-state index contributed by atoms with van der Waals surface area (Å²) < 4.78 is 0. The van der Waals surface area contributed by atoms with Crippen LogP contribution in [0.25, 0.3) is 0 Å². The fourth-order valence-corrected chi connectivity index (χ4v) is 3.30. The van der Waals surface area contributed by atoms with E-state index in [2.05, 4.69) is 13.0 Å². The second-order valence-corrected chi connectivity index (χ2v) is 6.75. The Bertz CT molecular complexity index is 362. The predicted octanol–water partition coefficient (Wildman–Crippen LogP) is 6.07. The Morgan fingerprint density at radius 2 is 1.60 bits per heavy atom. The molecule has 1 aromatic carbocycles. The van der Waals surface area contributed by atoms with Crippen molar-refractivity contribution in [1.82, 2.24) is 0 Å². The summed E-state index contributed by atoms with van der Waals surface area (Å²) in [5.41, 5.74) is 2.31. The second kappa shape index (κ2) is 11.1. The molecule has 1 N–H and O–H groups in total. The number of unbranched alkanes of at least 4 members (excludes halogenated alkanes) is 7. The van der Waals surface area contributed by atoms with Gasteiger partial charge in [0.2, 0.25) is 0 Å². The Labute approximate surface area is 129 Å². The van der Waals surface area contributed by atoms with Gasteiger partial charge in [-0.1, -0.05) is 64.0 Å². The number of phenolic OH excluding ortho intramolecular Hbond substituents is 1. The third-order valence-electron chi connectivity index (χ3n) is 3.67. The van der Waals surface area contributed by atoms with Gasteiger partial charge in [-0.25, -0.2) is 0 Å². The first-order valence-corrected chi connectivity index (χ1v) is 9.25. The molecule has 0 radical (unpaired) electrons. The molecule has 0 aromatic heterocycles. The summed E-state index contributed by atoms with van der Waals surface area (Å²) in [5, 5.41) is 9.48. The molecule has 0 heterocycles. The zero-order valence-corrected chi connectivity index (χ0v) is 14.0. The molecule has 0 fully saturated rings. The summed E-state index contributed by atoms with van der Waals surface area (Å²) in [6, 6.07) is 5.93. The van der Waals surface area contributed by atoms with Crippen molar-refractivity contribution in [2.75, 3.05) is 5.75 Å². The van der Waals surface area contributed by atoms with Crippen molar-refractivity contribution in [2.45, 2.75) is 71.0 Å². The molecule has 114 valence electrons. The molecule has 0 unspecified atom stereocenters. The molecule has 0 saturated heterocycles. The molecule has 0 aliphatic heterocycles. The molecule has 0 aliphatic carbocycles. The van der Waals surface area contributed by atoms with Crippen LogP contribution in [0.1, 0.15) is 69.4 Å². The van der Waals surface area contributed by atoms with Gasteiger partial charge >= 0.3 is 0 Å². The molecule has 2 heteroatoms. The Kier molecular flexibility index (Phi) is 9.65. The van der Waals surface area contributed by atoms with Crippen molar-refractivity contribution in [1.29, 1.82) is 0 Å². The van der Waals surface area contributed by atoms with Crippen LogP contribution in [-0.4, -0.2) is 10.9 Å². The van der Waals surface area contributed by atoms with Crippen LogP contribution in [0.15, 0.2) is 18.2 Å². The monoisotopic (exact) mass is 294 g/mol. The largest absolute Gasteiger partial charge is 0.508 e. The smallest absolute Gasteiger partial charge is 0.118 e. The first-order chi connectivity index (χ1) is 9.74. The summed E-state index contributed by atoms with van der Waals surface area (Å²) in [5.74, 6) is 2.73.